The number of methoxy groups -OCH3 is 1. The molecule has 2 aromatic rings. The molecule has 12 nitrogen and oxygen atoms in total. The number of aromatic nitrogens is 2. The SMILES string of the molecule is COc1cnc(C(=O)Nc2ccc3c(c2)C2(COC(NC(=O)OC(C)(C)C)=N2)C2(COC2)C(C)(C)O3)cn1. The van der Waals surface area contributed by atoms with Crippen LogP contribution in [0.5, 0.6) is 11.6 Å². The lowest BCUT2D eigenvalue weighted by Crippen LogP contribution is -2.71. The number of aliphatic imine (C=N–C) groups is 1. The van der Waals surface area contributed by atoms with Crippen molar-refractivity contribution in [2.24, 2.45) is 10.4 Å². The summed E-state index contributed by atoms with van der Waals surface area (Å²) in [6.07, 6.45) is 2.04. The van der Waals surface area contributed by atoms with Crippen LogP contribution in [0.15, 0.2) is 35.6 Å². The number of alkyl carbamates (subject to hydrolysis) is 1. The van der Waals surface area contributed by atoms with Crippen LogP contribution < -0.4 is 20.1 Å². The number of ether oxygens (including phenoxy) is 5. The van der Waals surface area contributed by atoms with Crippen molar-refractivity contribution in [2.75, 3.05) is 32.2 Å². The maximum absolute atomic E-state index is 12.9. The van der Waals surface area contributed by atoms with Gasteiger partial charge in [0.25, 0.3) is 11.9 Å². The summed E-state index contributed by atoms with van der Waals surface area (Å²) in [7, 11) is 1.47. The largest absolute Gasteiger partial charge is 0.487 e. The number of hydrogen-bond acceptors (Lipinski definition) is 10. The molecule has 0 saturated carbocycles. The van der Waals surface area contributed by atoms with E-state index in [0.29, 0.717) is 36.1 Å². The highest BCUT2D eigenvalue weighted by atomic mass is 16.6. The van der Waals surface area contributed by atoms with Gasteiger partial charge in [-0.2, -0.15) is 0 Å². The molecular formula is C26H31N5O7. The molecule has 4 heterocycles. The number of nitrogens with one attached hydrogen (secondary N) is 2. The minimum absolute atomic E-state index is 0.0529. The fourth-order valence-corrected chi connectivity index (χ4v) is 5.02. The molecule has 1 fully saturated rings. The van der Waals surface area contributed by atoms with Gasteiger partial charge < -0.3 is 29.0 Å². The zero-order valence-electron chi connectivity index (χ0n) is 22.2. The Morgan fingerprint density at radius 2 is 1.82 bits per heavy atom. The van der Waals surface area contributed by atoms with Crippen molar-refractivity contribution in [3.63, 3.8) is 0 Å². The van der Waals surface area contributed by atoms with Gasteiger partial charge in [-0.3, -0.25) is 4.79 Å². The molecule has 0 aliphatic carbocycles. The molecule has 1 atom stereocenters. The van der Waals surface area contributed by atoms with E-state index in [2.05, 4.69) is 20.6 Å². The molecule has 2 amide bonds. The third-order valence-corrected chi connectivity index (χ3v) is 7.08. The third-order valence-electron chi connectivity index (χ3n) is 7.08. The first kappa shape index (κ1) is 25.7. The van der Waals surface area contributed by atoms with Gasteiger partial charge in [0.05, 0.1) is 38.1 Å². The molecule has 1 unspecified atom stereocenters. The molecule has 12 heteroatoms. The monoisotopic (exact) mass is 525 g/mol. The van der Waals surface area contributed by atoms with Gasteiger partial charge in [0.15, 0.2) is 0 Å². The number of nitrogens with zero attached hydrogens (tertiary/aromatic N) is 3. The van der Waals surface area contributed by atoms with E-state index in [9.17, 15) is 9.59 Å². The van der Waals surface area contributed by atoms with E-state index in [1.54, 1.807) is 32.9 Å². The van der Waals surface area contributed by atoms with Gasteiger partial charge >= 0.3 is 6.09 Å². The number of amides is 2. The average Bonchev–Trinajstić information content (AvgIpc) is 3.20. The molecule has 1 saturated heterocycles. The standard InChI is InChI=1S/C26H31N5O7/c1-23(2,3)38-22(33)30-21-31-26(14-36-21)16-9-15(29-20(32)17-10-28-19(34-6)11-27-17)7-8-18(16)37-24(4,5)25(26)12-35-13-25/h7-11H,12-14H2,1-6H3,(H,29,32)(H,30,31,33). The molecule has 0 radical (unpaired) electrons. The van der Waals surface area contributed by atoms with Crippen LogP contribution in [0.2, 0.25) is 0 Å². The maximum atomic E-state index is 12.9. The zero-order chi connectivity index (χ0) is 27.3. The number of carbonyl (C=O) groups is 2. The molecule has 5 rings (SSSR count). The highest BCUT2D eigenvalue weighted by Gasteiger charge is 2.71. The van der Waals surface area contributed by atoms with Gasteiger partial charge in [-0.15, -0.1) is 0 Å². The number of benzene rings is 1. The topological polar surface area (TPSA) is 142 Å². The average molecular weight is 526 g/mol. The van der Waals surface area contributed by atoms with Crippen LogP contribution >= 0.6 is 0 Å². The second-order valence-corrected chi connectivity index (χ2v) is 11.0. The third kappa shape index (κ3) is 4.18. The van der Waals surface area contributed by atoms with Gasteiger partial charge in [-0.05, 0) is 52.8 Å². The normalized spacial score (nSPS) is 22.3. The summed E-state index contributed by atoms with van der Waals surface area (Å²) in [4.78, 5) is 38.4. The van der Waals surface area contributed by atoms with Crippen LogP contribution in [0, 0.1) is 5.41 Å². The number of fused-ring (bicyclic) bond motifs is 3. The van der Waals surface area contributed by atoms with Crippen LogP contribution in [0.3, 0.4) is 0 Å². The predicted molar refractivity (Wildman–Crippen MR) is 135 cm³/mol. The minimum atomic E-state index is -0.951. The molecule has 2 spiro atoms. The zero-order valence-corrected chi connectivity index (χ0v) is 22.2. The first-order valence-electron chi connectivity index (χ1n) is 12.2. The van der Waals surface area contributed by atoms with Crippen molar-refractivity contribution < 1.29 is 33.3 Å². The molecule has 3 aliphatic heterocycles. The Labute approximate surface area is 220 Å². The van der Waals surface area contributed by atoms with E-state index in [0.717, 1.165) is 0 Å². The smallest absolute Gasteiger partial charge is 0.415 e. The van der Waals surface area contributed by atoms with E-state index >= 15 is 0 Å². The predicted octanol–water partition coefficient (Wildman–Crippen LogP) is 3.03. The van der Waals surface area contributed by atoms with Crippen molar-refractivity contribution in [1.29, 1.82) is 0 Å². The Morgan fingerprint density at radius 1 is 1.05 bits per heavy atom. The lowest BCUT2D eigenvalue weighted by atomic mass is 9.55. The summed E-state index contributed by atoms with van der Waals surface area (Å²) in [6, 6.07) is 5.39. The first-order chi connectivity index (χ1) is 17.9. The molecule has 1 aromatic carbocycles. The second kappa shape index (κ2) is 8.83. The van der Waals surface area contributed by atoms with Crippen LogP contribution in [-0.4, -0.2) is 66.1 Å². The van der Waals surface area contributed by atoms with E-state index in [1.165, 1.54) is 19.5 Å². The molecule has 3 aliphatic rings. The fraction of sp³-hybridized carbons (Fsp3) is 0.500. The minimum Gasteiger partial charge on any atom is -0.487 e. The summed E-state index contributed by atoms with van der Waals surface area (Å²) in [5.41, 5.74) is -1.55. The van der Waals surface area contributed by atoms with Gasteiger partial charge in [-0.1, -0.05) is 0 Å². The Kier molecular flexibility index (Phi) is 5.97. The van der Waals surface area contributed by atoms with Crippen LogP contribution in [0.1, 0.15) is 50.7 Å². The molecule has 0 bridgehead atoms. The van der Waals surface area contributed by atoms with Gasteiger partial charge in [0.1, 0.15) is 34.8 Å². The maximum Gasteiger partial charge on any atom is 0.415 e. The Balaban J connectivity index is 1.50. The van der Waals surface area contributed by atoms with Crippen LogP contribution in [0.4, 0.5) is 10.5 Å². The van der Waals surface area contributed by atoms with Gasteiger partial charge in [-0.25, -0.2) is 25.1 Å². The number of amidine groups is 1. The number of carbonyl (C=O) groups excluding carboxylic acids is 2. The Morgan fingerprint density at radius 3 is 2.42 bits per heavy atom. The van der Waals surface area contributed by atoms with E-state index < -0.39 is 34.2 Å². The Bertz CT molecular complexity index is 1300. The summed E-state index contributed by atoms with van der Waals surface area (Å²) in [6.45, 7) is 10.2. The van der Waals surface area contributed by atoms with E-state index in [-0.39, 0.29) is 18.3 Å². The summed E-state index contributed by atoms with van der Waals surface area (Å²) in [5, 5.41) is 5.48. The molecule has 1 aromatic heterocycles. The van der Waals surface area contributed by atoms with E-state index in [1.807, 2.05) is 19.9 Å². The number of rotatable bonds is 3. The van der Waals surface area contributed by atoms with Gasteiger partial charge in [0, 0.05) is 11.3 Å². The fourth-order valence-electron chi connectivity index (χ4n) is 5.02. The number of anilines is 1. The molecule has 2 N–H and O–H groups in total. The van der Waals surface area contributed by atoms with Crippen molar-refractivity contribution in [2.45, 2.75) is 51.4 Å². The van der Waals surface area contributed by atoms with Crippen molar-refractivity contribution in [1.82, 2.24) is 15.3 Å². The first-order valence-corrected chi connectivity index (χ1v) is 12.2. The van der Waals surface area contributed by atoms with Gasteiger partial charge in [0.2, 0.25) is 5.88 Å². The van der Waals surface area contributed by atoms with Crippen molar-refractivity contribution in [3.8, 4) is 11.6 Å². The Hall–Kier alpha value is -3.93. The quantitative estimate of drug-likeness (QED) is 0.618. The van der Waals surface area contributed by atoms with Crippen LogP contribution in [0.25, 0.3) is 0 Å². The summed E-state index contributed by atoms with van der Waals surface area (Å²) >= 11 is 0. The second-order valence-electron chi connectivity index (χ2n) is 11.0. The summed E-state index contributed by atoms with van der Waals surface area (Å²) < 4.78 is 28.5. The summed E-state index contributed by atoms with van der Waals surface area (Å²) in [5.74, 6) is 0.465. The molecule has 38 heavy (non-hydrogen) atoms. The van der Waals surface area contributed by atoms with Crippen LogP contribution in [-0.2, 0) is 19.7 Å². The van der Waals surface area contributed by atoms with E-state index in [4.69, 9.17) is 28.7 Å². The highest BCUT2D eigenvalue weighted by Crippen LogP contribution is 2.62. The molecular weight excluding hydrogens is 494 g/mol. The van der Waals surface area contributed by atoms with Crippen molar-refractivity contribution in [3.05, 3.63) is 41.9 Å². The lowest BCUT2D eigenvalue weighted by Gasteiger charge is -2.61. The highest BCUT2D eigenvalue weighted by molar-refractivity contribution is 6.02. The van der Waals surface area contributed by atoms with Crippen molar-refractivity contribution >= 4 is 23.7 Å². The number of hydrogen-bond donors (Lipinski definition) is 2. The lowest BCUT2D eigenvalue weighted by molar-refractivity contribution is -0.247. The molecule has 202 valence electrons.